The van der Waals surface area contributed by atoms with Crippen LogP contribution in [-0.4, -0.2) is 79.3 Å². The van der Waals surface area contributed by atoms with E-state index < -0.39 is 0 Å². The fourth-order valence-corrected chi connectivity index (χ4v) is 3.95. The smallest absolute Gasteiger partial charge is 0.264 e. The van der Waals surface area contributed by atoms with E-state index in [1.807, 2.05) is 35.7 Å². The molecule has 0 radical (unpaired) electrons. The monoisotopic (exact) mass is 415 g/mol. The zero-order valence-electron chi connectivity index (χ0n) is 16.7. The normalized spacial score (nSPS) is 13.9. The van der Waals surface area contributed by atoms with Crippen molar-refractivity contribution >= 4 is 29.1 Å². The number of rotatable bonds is 6. The molecule has 1 fully saturated rings. The van der Waals surface area contributed by atoms with Crippen molar-refractivity contribution in [1.29, 1.82) is 0 Å². The molecule has 0 unspecified atom stereocenters. The Morgan fingerprint density at radius 2 is 1.72 bits per heavy atom. The summed E-state index contributed by atoms with van der Waals surface area (Å²) >= 11 is 1.36. The number of carbonyl (C=O) groups excluding carboxylic acids is 3. The van der Waals surface area contributed by atoms with Gasteiger partial charge in [0.05, 0.1) is 25.0 Å². The van der Waals surface area contributed by atoms with Gasteiger partial charge in [-0.05, 0) is 29.1 Å². The maximum Gasteiger partial charge on any atom is 0.264 e. The average Bonchev–Trinajstić information content (AvgIpc) is 3.28. The van der Waals surface area contributed by atoms with Gasteiger partial charge in [-0.25, -0.2) is 0 Å². The van der Waals surface area contributed by atoms with Crippen LogP contribution in [0, 0.1) is 0 Å². The van der Waals surface area contributed by atoms with Gasteiger partial charge in [-0.15, -0.1) is 11.3 Å². The molecule has 2 aromatic rings. The average molecular weight is 416 g/mol. The summed E-state index contributed by atoms with van der Waals surface area (Å²) in [5.74, 6) is 0.514. The number of piperazine rings is 1. The highest BCUT2D eigenvalue weighted by Gasteiger charge is 2.26. The fraction of sp³-hybridized carbons (Fsp3) is 0.381. The van der Waals surface area contributed by atoms with Crippen LogP contribution >= 0.6 is 11.3 Å². The molecule has 0 saturated carbocycles. The Bertz CT molecular complexity index is 861. The summed E-state index contributed by atoms with van der Waals surface area (Å²) in [6.07, 6.45) is 0.309. The zero-order valence-corrected chi connectivity index (χ0v) is 17.5. The van der Waals surface area contributed by atoms with Crippen LogP contribution in [0.1, 0.15) is 15.2 Å². The highest BCUT2D eigenvalue weighted by Crippen LogP contribution is 2.15. The molecule has 3 amide bonds. The van der Waals surface area contributed by atoms with Crippen LogP contribution < -0.4 is 4.74 Å². The third kappa shape index (κ3) is 5.35. The van der Waals surface area contributed by atoms with Crippen molar-refractivity contribution in [2.75, 3.05) is 46.9 Å². The van der Waals surface area contributed by atoms with Gasteiger partial charge < -0.3 is 19.4 Å². The number of hydrogen-bond donors (Lipinski definition) is 0. The van der Waals surface area contributed by atoms with E-state index in [2.05, 4.69) is 0 Å². The Kier molecular flexibility index (Phi) is 6.87. The quantitative estimate of drug-likeness (QED) is 0.721. The lowest BCUT2D eigenvalue weighted by Gasteiger charge is -2.35. The first-order chi connectivity index (χ1) is 14.0. The number of amides is 3. The fourth-order valence-electron chi connectivity index (χ4n) is 3.24. The minimum Gasteiger partial charge on any atom is -0.497 e. The second kappa shape index (κ2) is 9.56. The summed E-state index contributed by atoms with van der Waals surface area (Å²) in [5, 5.41) is 1.84. The molecular formula is C21H25N3O4S. The van der Waals surface area contributed by atoms with E-state index in [0.717, 1.165) is 11.3 Å². The van der Waals surface area contributed by atoms with E-state index >= 15 is 0 Å². The molecule has 1 aromatic heterocycles. The third-order valence-corrected chi connectivity index (χ3v) is 5.78. The second-order valence-corrected chi connectivity index (χ2v) is 7.88. The Balaban J connectivity index is 1.47. The van der Waals surface area contributed by atoms with E-state index in [0.29, 0.717) is 37.5 Å². The Labute approximate surface area is 174 Å². The lowest BCUT2D eigenvalue weighted by atomic mass is 10.1. The number of nitrogens with zero attached hydrogens (tertiary/aromatic N) is 3. The third-order valence-electron chi connectivity index (χ3n) is 4.93. The van der Waals surface area contributed by atoms with Crippen LogP contribution in [0.4, 0.5) is 0 Å². The van der Waals surface area contributed by atoms with Crippen LogP contribution in [0.2, 0.25) is 0 Å². The van der Waals surface area contributed by atoms with Crippen LogP contribution in [0.3, 0.4) is 0 Å². The van der Waals surface area contributed by atoms with E-state index in [1.165, 1.54) is 16.2 Å². The SMILES string of the molecule is COc1cccc(CC(=O)N2CCN(C(=O)CN(C)C(=O)c3cccs3)CC2)c1. The summed E-state index contributed by atoms with van der Waals surface area (Å²) < 4.78 is 5.20. The molecule has 0 spiro atoms. The first kappa shape index (κ1) is 20.9. The first-order valence-electron chi connectivity index (χ1n) is 9.45. The molecule has 1 saturated heterocycles. The topological polar surface area (TPSA) is 70.2 Å². The summed E-state index contributed by atoms with van der Waals surface area (Å²) in [4.78, 5) is 43.0. The van der Waals surface area contributed by atoms with Gasteiger partial charge in [-0.1, -0.05) is 18.2 Å². The number of ether oxygens (including phenoxy) is 1. The Morgan fingerprint density at radius 1 is 1.03 bits per heavy atom. The van der Waals surface area contributed by atoms with Gasteiger partial charge in [0.2, 0.25) is 11.8 Å². The van der Waals surface area contributed by atoms with E-state index in [1.54, 1.807) is 30.0 Å². The van der Waals surface area contributed by atoms with Crippen LogP contribution in [0.5, 0.6) is 5.75 Å². The van der Waals surface area contributed by atoms with E-state index in [4.69, 9.17) is 4.74 Å². The maximum atomic E-state index is 12.6. The molecule has 1 aliphatic rings. The van der Waals surface area contributed by atoms with Gasteiger partial charge in [0.1, 0.15) is 5.75 Å². The van der Waals surface area contributed by atoms with Crippen molar-refractivity contribution < 1.29 is 19.1 Å². The minimum absolute atomic E-state index is 0.0362. The van der Waals surface area contributed by atoms with Crippen molar-refractivity contribution in [2.24, 2.45) is 0 Å². The minimum atomic E-state index is -0.152. The molecule has 154 valence electrons. The predicted octanol–water partition coefficient (Wildman–Crippen LogP) is 1.74. The van der Waals surface area contributed by atoms with Gasteiger partial charge in [0.15, 0.2) is 0 Å². The molecule has 7 nitrogen and oxygen atoms in total. The summed E-state index contributed by atoms with van der Waals surface area (Å²) in [6.45, 7) is 1.98. The van der Waals surface area contributed by atoms with E-state index in [9.17, 15) is 14.4 Å². The molecule has 29 heavy (non-hydrogen) atoms. The second-order valence-electron chi connectivity index (χ2n) is 6.93. The number of hydrogen-bond acceptors (Lipinski definition) is 5. The number of likely N-dealkylation sites (N-methyl/N-ethyl adjacent to an activating group) is 1. The van der Waals surface area contributed by atoms with Crippen molar-refractivity contribution in [3.8, 4) is 5.75 Å². The van der Waals surface area contributed by atoms with Gasteiger partial charge in [-0.2, -0.15) is 0 Å². The highest BCUT2D eigenvalue weighted by atomic mass is 32.1. The van der Waals surface area contributed by atoms with Crippen LogP contribution in [-0.2, 0) is 16.0 Å². The molecule has 3 rings (SSSR count). The number of benzene rings is 1. The predicted molar refractivity (Wildman–Crippen MR) is 111 cm³/mol. The zero-order chi connectivity index (χ0) is 20.8. The first-order valence-corrected chi connectivity index (χ1v) is 10.3. The van der Waals surface area contributed by atoms with Gasteiger partial charge in [0, 0.05) is 33.2 Å². The van der Waals surface area contributed by atoms with Gasteiger partial charge in [-0.3, -0.25) is 14.4 Å². The Morgan fingerprint density at radius 3 is 2.34 bits per heavy atom. The summed E-state index contributed by atoms with van der Waals surface area (Å²) in [5.41, 5.74) is 0.904. The molecule has 0 atom stereocenters. The van der Waals surface area contributed by atoms with Crippen LogP contribution in [0.15, 0.2) is 41.8 Å². The lowest BCUT2D eigenvalue weighted by Crippen LogP contribution is -2.53. The van der Waals surface area contributed by atoms with Crippen molar-refractivity contribution in [1.82, 2.24) is 14.7 Å². The highest BCUT2D eigenvalue weighted by molar-refractivity contribution is 7.12. The Hall–Kier alpha value is -2.87. The molecule has 1 aliphatic heterocycles. The van der Waals surface area contributed by atoms with Crippen molar-refractivity contribution in [3.05, 3.63) is 52.2 Å². The summed E-state index contributed by atoms with van der Waals surface area (Å²) in [6, 6.07) is 11.0. The molecule has 2 heterocycles. The molecule has 8 heteroatoms. The molecule has 0 bridgehead atoms. The molecule has 0 N–H and O–H groups in total. The number of carbonyl (C=O) groups is 3. The van der Waals surface area contributed by atoms with E-state index in [-0.39, 0.29) is 24.3 Å². The van der Waals surface area contributed by atoms with Gasteiger partial charge in [0.25, 0.3) is 5.91 Å². The maximum absolute atomic E-state index is 12.6. The van der Waals surface area contributed by atoms with Crippen LogP contribution in [0.25, 0.3) is 0 Å². The largest absolute Gasteiger partial charge is 0.497 e. The van der Waals surface area contributed by atoms with Crippen molar-refractivity contribution in [3.63, 3.8) is 0 Å². The lowest BCUT2D eigenvalue weighted by molar-refractivity contribution is -0.139. The number of thiophene rings is 1. The van der Waals surface area contributed by atoms with Crippen molar-refractivity contribution in [2.45, 2.75) is 6.42 Å². The van der Waals surface area contributed by atoms with Gasteiger partial charge >= 0.3 is 0 Å². The standard InChI is InChI=1S/C21H25N3O4S/c1-22(21(27)18-7-4-12-29-18)15-20(26)24-10-8-23(9-11-24)19(25)14-16-5-3-6-17(13-16)28-2/h3-7,12-13H,8-11,14-15H2,1-2H3. The molecular weight excluding hydrogens is 390 g/mol. The molecule has 0 aliphatic carbocycles. The number of methoxy groups -OCH3 is 1. The molecule has 1 aromatic carbocycles. The summed E-state index contributed by atoms with van der Waals surface area (Å²) in [7, 11) is 3.23.